The molecule has 0 radical (unpaired) electrons. The summed E-state index contributed by atoms with van der Waals surface area (Å²) in [4.78, 5) is 4.38. The molecular weight excluding hydrogens is 260 g/mol. The van der Waals surface area contributed by atoms with E-state index in [1.54, 1.807) is 0 Å². The van der Waals surface area contributed by atoms with Gasteiger partial charge in [-0.25, -0.2) is 4.98 Å². The Hall–Kier alpha value is -1.09. The van der Waals surface area contributed by atoms with E-state index >= 15 is 0 Å². The number of aromatic nitrogens is 1. The summed E-state index contributed by atoms with van der Waals surface area (Å²) in [5.41, 5.74) is 1.79. The van der Waals surface area contributed by atoms with Gasteiger partial charge in [0.05, 0.1) is 6.10 Å². The molecule has 1 unspecified atom stereocenters. The highest BCUT2D eigenvalue weighted by atomic mass is 16.5. The Morgan fingerprint density at radius 3 is 2.76 bits per heavy atom. The van der Waals surface area contributed by atoms with Crippen LogP contribution < -0.4 is 10.1 Å². The molecule has 0 amide bonds. The van der Waals surface area contributed by atoms with Crippen LogP contribution >= 0.6 is 0 Å². The van der Waals surface area contributed by atoms with E-state index in [-0.39, 0.29) is 6.10 Å². The van der Waals surface area contributed by atoms with Gasteiger partial charge in [-0.15, -0.1) is 0 Å². The van der Waals surface area contributed by atoms with Crippen molar-refractivity contribution in [3.05, 3.63) is 23.9 Å². The van der Waals surface area contributed by atoms with Crippen LogP contribution in [0.15, 0.2) is 18.3 Å². The third kappa shape index (κ3) is 3.23. The van der Waals surface area contributed by atoms with Gasteiger partial charge >= 0.3 is 0 Å². The minimum absolute atomic E-state index is 0.173. The average molecular weight is 288 g/mol. The van der Waals surface area contributed by atoms with Crippen molar-refractivity contribution in [3.8, 4) is 5.88 Å². The first-order chi connectivity index (χ1) is 10.2. The Balaban J connectivity index is 1.60. The van der Waals surface area contributed by atoms with Crippen molar-refractivity contribution in [2.75, 3.05) is 0 Å². The average Bonchev–Trinajstić information content (AvgIpc) is 2.48. The second-order valence-electron chi connectivity index (χ2n) is 7.03. The fraction of sp³-hybridized carbons (Fsp3) is 0.722. The number of pyridine rings is 1. The summed E-state index contributed by atoms with van der Waals surface area (Å²) in [5, 5.41) is 3.79. The Kier molecular flexibility index (Phi) is 4.48. The van der Waals surface area contributed by atoms with E-state index in [2.05, 4.69) is 30.2 Å². The summed E-state index contributed by atoms with van der Waals surface area (Å²) in [6, 6.07) is 4.83. The number of nitrogens with zero attached hydrogens (tertiary/aromatic N) is 1. The lowest BCUT2D eigenvalue weighted by molar-refractivity contribution is 0.0219. The van der Waals surface area contributed by atoms with Crippen LogP contribution in [0.5, 0.6) is 5.88 Å². The number of rotatable bonds is 5. The summed E-state index contributed by atoms with van der Waals surface area (Å²) < 4.78 is 5.82. The van der Waals surface area contributed by atoms with Crippen LogP contribution in [0.2, 0.25) is 0 Å². The molecule has 21 heavy (non-hydrogen) atoms. The van der Waals surface area contributed by atoms with Gasteiger partial charge in [-0.2, -0.15) is 0 Å². The highest BCUT2D eigenvalue weighted by Crippen LogP contribution is 2.51. The lowest BCUT2D eigenvalue weighted by Gasteiger charge is -2.52. The van der Waals surface area contributed by atoms with Gasteiger partial charge in [-0.3, -0.25) is 0 Å². The summed E-state index contributed by atoms with van der Waals surface area (Å²) in [6.07, 6.45) is 11.9. The van der Waals surface area contributed by atoms with Crippen LogP contribution in [0.25, 0.3) is 0 Å². The zero-order valence-electron chi connectivity index (χ0n) is 13.4. The van der Waals surface area contributed by atoms with Crippen LogP contribution in [0.3, 0.4) is 0 Å². The number of hydrogen-bond acceptors (Lipinski definition) is 3. The molecule has 1 atom stereocenters. The van der Waals surface area contributed by atoms with Gasteiger partial charge in [-0.05, 0) is 51.0 Å². The van der Waals surface area contributed by atoms with Gasteiger partial charge in [0, 0.05) is 24.3 Å². The maximum Gasteiger partial charge on any atom is 0.218 e. The molecule has 0 aliphatic heterocycles. The third-order valence-corrected chi connectivity index (χ3v) is 5.26. The van der Waals surface area contributed by atoms with Crippen molar-refractivity contribution in [1.82, 2.24) is 10.3 Å². The van der Waals surface area contributed by atoms with Crippen LogP contribution in [0.1, 0.15) is 64.4 Å². The SMILES string of the molecule is CC(C)Oc1ncccc1CNC1CCC12CCCCC2. The Morgan fingerprint density at radius 2 is 2.10 bits per heavy atom. The number of nitrogens with one attached hydrogen (secondary N) is 1. The molecule has 2 aliphatic rings. The van der Waals surface area contributed by atoms with Crippen LogP contribution in [-0.2, 0) is 6.54 Å². The third-order valence-electron chi connectivity index (χ3n) is 5.26. The summed E-state index contributed by atoms with van der Waals surface area (Å²) in [7, 11) is 0. The molecule has 1 heterocycles. The summed E-state index contributed by atoms with van der Waals surface area (Å²) in [6.45, 7) is 4.98. The minimum Gasteiger partial charge on any atom is -0.475 e. The Bertz CT molecular complexity index is 466. The first-order valence-electron chi connectivity index (χ1n) is 8.54. The molecule has 1 aromatic heterocycles. The van der Waals surface area contributed by atoms with Crippen LogP contribution in [0, 0.1) is 5.41 Å². The van der Waals surface area contributed by atoms with Gasteiger partial charge in [0.15, 0.2) is 0 Å². The van der Waals surface area contributed by atoms with E-state index in [9.17, 15) is 0 Å². The lowest BCUT2D eigenvalue weighted by atomic mass is 9.57. The van der Waals surface area contributed by atoms with Gasteiger partial charge in [0.25, 0.3) is 0 Å². The van der Waals surface area contributed by atoms with E-state index in [0.717, 1.165) is 12.4 Å². The van der Waals surface area contributed by atoms with Gasteiger partial charge in [0.2, 0.25) is 5.88 Å². The van der Waals surface area contributed by atoms with E-state index < -0.39 is 0 Å². The largest absolute Gasteiger partial charge is 0.475 e. The van der Waals surface area contributed by atoms with E-state index in [4.69, 9.17) is 4.74 Å². The molecule has 2 aliphatic carbocycles. The highest BCUT2D eigenvalue weighted by molar-refractivity contribution is 5.25. The normalized spacial score (nSPS) is 24.0. The molecule has 1 aromatic rings. The summed E-state index contributed by atoms with van der Waals surface area (Å²) in [5.74, 6) is 0.789. The number of hydrogen-bond donors (Lipinski definition) is 1. The van der Waals surface area contributed by atoms with Crippen molar-refractivity contribution < 1.29 is 4.74 Å². The molecule has 0 saturated heterocycles. The molecule has 116 valence electrons. The molecule has 0 aromatic carbocycles. The molecule has 2 fully saturated rings. The van der Waals surface area contributed by atoms with E-state index in [1.165, 1.54) is 50.5 Å². The molecule has 2 saturated carbocycles. The predicted molar refractivity (Wildman–Crippen MR) is 85.4 cm³/mol. The van der Waals surface area contributed by atoms with Crippen molar-refractivity contribution in [1.29, 1.82) is 0 Å². The molecule has 3 rings (SSSR count). The van der Waals surface area contributed by atoms with Crippen molar-refractivity contribution in [2.45, 2.75) is 77.5 Å². The standard InChI is InChI=1S/C18H28N2O/c1-14(2)21-17-15(7-6-12-19-17)13-20-16-8-11-18(16)9-4-3-5-10-18/h6-7,12,14,16,20H,3-5,8-11,13H2,1-2H3. The van der Waals surface area contributed by atoms with Crippen LogP contribution in [0.4, 0.5) is 0 Å². The first kappa shape index (κ1) is 14.8. The Morgan fingerprint density at radius 1 is 1.29 bits per heavy atom. The quantitative estimate of drug-likeness (QED) is 0.886. The molecule has 3 nitrogen and oxygen atoms in total. The number of ether oxygens (including phenoxy) is 1. The van der Waals surface area contributed by atoms with Crippen molar-refractivity contribution in [3.63, 3.8) is 0 Å². The minimum atomic E-state index is 0.173. The first-order valence-corrected chi connectivity index (χ1v) is 8.54. The fourth-order valence-electron chi connectivity index (χ4n) is 3.99. The monoisotopic (exact) mass is 288 g/mol. The second-order valence-corrected chi connectivity index (χ2v) is 7.03. The van der Waals surface area contributed by atoms with Gasteiger partial charge in [0.1, 0.15) is 0 Å². The van der Waals surface area contributed by atoms with Crippen molar-refractivity contribution in [2.24, 2.45) is 5.41 Å². The molecule has 1 N–H and O–H groups in total. The van der Waals surface area contributed by atoms with Gasteiger partial charge in [-0.1, -0.05) is 25.3 Å². The molecule has 1 spiro atoms. The smallest absolute Gasteiger partial charge is 0.218 e. The zero-order chi connectivity index (χ0) is 14.7. The van der Waals surface area contributed by atoms with E-state index in [1.807, 2.05) is 12.3 Å². The molecule has 0 bridgehead atoms. The summed E-state index contributed by atoms with van der Waals surface area (Å²) >= 11 is 0. The van der Waals surface area contributed by atoms with Gasteiger partial charge < -0.3 is 10.1 Å². The van der Waals surface area contributed by atoms with E-state index in [0.29, 0.717) is 11.5 Å². The highest BCUT2D eigenvalue weighted by Gasteiger charge is 2.46. The zero-order valence-corrected chi connectivity index (χ0v) is 13.4. The fourth-order valence-corrected chi connectivity index (χ4v) is 3.99. The lowest BCUT2D eigenvalue weighted by Crippen LogP contribution is -2.54. The Labute approximate surface area is 128 Å². The maximum atomic E-state index is 5.82. The molecular formula is C18H28N2O. The second kappa shape index (κ2) is 6.35. The van der Waals surface area contributed by atoms with Crippen LogP contribution in [-0.4, -0.2) is 17.1 Å². The van der Waals surface area contributed by atoms with Crippen molar-refractivity contribution >= 4 is 0 Å². The maximum absolute atomic E-state index is 5.82. The topological polar surface area (TPSA) is 34.1 Å². The molecule has 3 heteroatoms. The predicted octanol–water partition coefficient (Wildman–Crippen LogP) is 4.07.